The molecule has 0 aliphatic carbocycles. The van der Waals surface area contributed by atoms with Crippen molar-refractivity contribution in [3.8, 4) is 6.07 Å². The number of nitrogens with two attached hydrogens (primary N) is 1. The fourth-order valence-electron chi connectivity index (χ4n) is 1.96. The summed E-state index contributed by atoms with van der Waals surface area (Å²) in [6.07, 6.45) is 0.00701. The zero-order valence-corrected chi connectivity index (χ0v) is 10.9. The third-order valence-corrected chi connectivity index (χ3v) is 3.25. The minimum atomic E-state index is 0.00701. The average molecular weight is 267 g/mol. The van der Waals surface area contributed by atoms with Crippen molar-refractivity contribution < 1.29 is 4.74 Å². The smallest absolute Gasteiger partial charge is 0.147 e. The molecule has 6 heteroatoms. The first kappa shape index (κ1) is 13.1. The van der Waals surface area contributed by atoms with Crippen molar-refractivity contribution in [1.82, 2.24) is 4.98 Å². The molecule has 18 heavy (non-hydrogen) atoms. The van der Waals surface area contributed by atoms with Crippen LogP contribution >= 0.6 is 11.6 Å². The predicted molar refractivity (Wildman–Crippen MR) is 69.7 cm³/mol. The van der Waals surface area contributed by atoms with Gasteiger partial charge in [-0.1, -0.05) is 11.6 Å². The summed E-state index contributed by atoms with van der Waals surface area (Å²) >= 11 is 6.18. The van der Waals surface area contributed by atoms with Gasteiger partial charge in [0.05, 0.1) is 29.0 Å². The normalized spacial score (nSPS) is 19.7. The topological polar surface area (TPSA) is 75.2 Å². The third kappa shape index (κ3) is 2.56. The number of rotatable bonds is 2. The van der Waals surface area contributed by atoms with Gasteiger partial charge in [-0.15, -0.1) is 0 Å². The summed E-state index contributed by atoms with van der Waals surface area (Å²) in [5.74, 6) is 0.704. The van der Waals surface area contributed by atoms with Gasteiger partial charge in [0, 0.05) is 19.6 Å². The van der Waals surface area contributed by atoms with Gasteiger partial charge in [-0.3, -0.25) is 0 Å². The van der Waals surface area contributed by atoms with E-state index in [2.05, 4.69) is 16.0 Å². The summed E-state index contributed by atoms with van der Waals surface area (Å²) in [7, 11) is 0. The average Bonchev–Trinajstić information content (AvgIpc) is 2.41. The minimum Gasteiger partial charge on any atom is -0.373 e. The second kappa shape index (κ2) is 5.53. The van der Waals surface area contributed by atoms with E-state index in [-0.39, 0.29) is 6.10 Å². The lowest BCUT2D eigenvalue weighted by Gasteiger charge is -2.33. The molecule has 96 valence electrons. The summed E-state index contributed by atoms with van der Waals surface area (Å²) < 4.78 is 5.50. The van der Waals surface area contributed by atoms with Crippen LogP contribution in [0.15, 0.2) is 6.07 Å². The molecular formula is C12H15ClN4O. The van der Waals surface area contributed by atoms with Gasteiger partial charge in [-0.2, -0.15) is 5.26 Å². The van der Waals surface area contributed by atoms with Crippen LogP contribution in [0.4, 0.5) is 5.82 Å². The lowest BCUT2D eigenvalue weighted by Crippen LogP contribution is -2.46. The van der Waals surface area contributed by atoms with E-state index < -0.39 is 0 Å². The molecule has 2 heterocycles. The van der Waals surface area contributed by atoms with Crippen LogP contribution in [-0.4, -0.2) is 37.3 Å². The Hall–Kier alpha value is -1.35. The summed E-state index contributed by atoms with van der Waals surface area (Å²) in [4.78, 5) is 6.46. The van der Waals surface area contributed by atoms with Crippen LogP contribution in [0.2, 0.25) is 5.02 Å². The van der Waals surface area contributed by atoms with Crippen LogP contribution in [0.3, 0.4) is 0 Å². The Bertz CT molecular complexity index is 486. The third-order valence-electron chi connectivity index (χ3n) is 2.97. The van der Waals surface area contributed by atoms with Gasteiger partial charge < -0.3 is 15.4 Å². The molecule has 0 radical (unpaired) electrons. The fraction of sp³-hybridized carbons (Fsp3) is 0.500. The number of hydrogen-bond acceptors (Lipinski definition) is 5. The minimum absolute atomic E-state index is 0.00701. The standard InChI is InChI=1S/C12H15ClN4O/c1-8-9(5-14)4-11(13)12(16-8)17-2-3-18-10(6-15)7-17/h4,10H,2-3,6-7,15H2,1H3. The highest BCUT2D eigenvalue weighted by atomic mass is 35.5. The number of ether oxygens (including phenoxy) is 1. The van der Waals surface area contributed by atoms with Crippen LogP contribution in [0.5, 0.6) is 0 Å². The molecule has 1 fully saturated rings. The van der Waals surface area contributed by atoms with Crippen LogP contribution in [0.25, 0.3) is 0 Å². The quantitative estimate of drug-likeness (QED) is 0.867. The van der Waals surface area contributed by atoms with E-state index in [0.717, 1.165) is 6.54 Å². The van der Waals surface area contributed by atoms with Crippen LogP contribution in [0, 0.1) is 18.3 Å². The number of nitriles is 1. The number of aryl methyl sites for hydroxylation is 1. The van der Waals surface area contributed by atoms with Crippen LogP contribution in [0.1, 0.15) is 11.3 Å². The van der Waals surface area contributed by atoms with Crippen molar-refractivity contribution in [3.63, 3.8) is 0 Å². The van der Waals surface area contributed by atoms with E-state index in [1.807, 2.05) is 0 Å². The van der Waals surface area contributed by atoms with Gasteiger partial charge in [0.1, 0.15) is 11.9 Å². The van der Waals surface area contributed by atoms with E-state index in [1.54, 1.807) is 13.0 Å². The molecule has 0 spiro atoms. The Kier molecular flexibility index (Phi) is 4.02. The molecule has 1 aliphatic rings. The van der Waals surface area contributed by atoms with Gasteiger partial charge in [-0.05, 0) is 13.0 Å². The monoisotopic (exact) mass is 266 g/mol. The molecule has 0 saturated carbocycles. The highest BCUT2D eigenvalue weighted by molar-refractivity contribution is 6.33. The lowest BCUT2D eigenvalue weighted by molar-refractivity contribution is 0.0463. The molecule has 1 aromatic heterocycles. The van der Waals surface area contributed by atoms with Crippen LogP contribution < -0.4 is 10.6 Å². The Labute approximate surface area is 111 Å². The van der Waals surface area contributed by atoms with Gasteiger partial charge in [-0.25, -0.2) is 4.98 Å². The van der Waals surface area contributed by atoms with E-state index in [0.29, 0.717) is 41.8 Å². The number of hydrogen-bond donors (Lipinski definition) is 1. The molecule has 1 aromatic rings. The molecule has 0 amide bonds. The summed E-state index contributed by atoms with van der Waals surface area (Å²) in [6, 6.07) is 3.73. The number of nitrogens with zero attached hydrogens (tertiary/aromatic N) is 3. The fourth-order valence-corrected chi connectivity index (χ4v) is 2.23. The van der Waals surface area contributed by atoms with Crippen molar-refractivity contribution >= 4 is 17.4 Å². The van der Waals surface area contributed by atoms with E-state index in [4.69, 9.17) is 27.3 Å². The van der Waals surface area contributed by atoms with Gasteiger partial charge in [0.25, 0.3) is 0 Å². The van der Waals surface area contributed by atoms with Crippen molar-refractivity contribution in [2.45, 2.75) is 13.0 Å². The maximum atomic E-state index is 8.93. The largest absolute Gasteiger partial charge is 0.373 e. The van der Waals surface area contributed by atoms with Crippen molar-refractivity contribution in [1.29, 1.82) is 5.26 Å². The first-order chi connectivity index (χ1) is 8.65. The molecule has 1 atom stereocenters. The first-order valence-corrected chi connectivity index (χ1v) is 6.17. The molecule has 0 aromatic carbocycles. The maximum absolute atomic E-state index is 8.93. The lowest BCUT2D eigenvalue weighted by atomic mass is 10.2. The molecule has 1 unspecified atom stereocenters. The Morgan fingerprint density at radius 1 is 1.72 bits per heavy atom. The molecular weight excluding hydrogens is 252 g/mol. The number of morpholine rings is 1. The van der Waals surface area contributed by atoms with Crippen molar-refractivity contribution in [2.75, 3.05) is 31.1 Å². The second-order valence-electron chi connectivity index (χ2n) is 4.21. The number of anilines is 1. The molecule has 2 rings (SSSR count). The molecule has 5 nitrogen and oxygen atoms in total. The van der Waals surface area contributed by atoms with E-state index in [1.165, 1.54) is 0 Å². The molecule has 0 bridgehead atoms. The van der Waals surface area contributed by atoms with Gasteiger partial charge in [0.15, 0.2) is 0 Å². The second-order valence-corrected chi connectivity index (χ2v) is 4.62. The number of aromatic nitrogens is 1. The summed E-state index contributed by atoms with van der Waals surface area (Å²) in [6.45, 7) is 4.30. The maximum Gasteiger partial charge on any atom is 0.147 e. The summed E-state index contributed by atoms with van der Waals surface area (Å²) in [5.41, 5.74) is 6.80. The zero-order chi connectivity index (χ0) is 13.1. The zero-order valence-electron chi connectivity index (χ0n) is 10.2. The summed E-state index contributed by atoms with van der Waals surface area (Å²) in [5, 5.41) is 9.42. The highest BCUT2D eigenvalue weighted by Gasteiger charge is 2.22. The number of pyridine rings is 1. The van der Waals surface area contributed by atoms with Gasteiger partial charge in [0.2, 0.25) is 0 Å². The van der Waals surface area contributed by atoms with Crippen LogP contribution in [-0.2, 0) is 4.74 Å². The Balaban J connectivity index is 2.28. The highest BCUT2D eigenvalue weighted by Crippen LogP contribution is 2.27. The molecule has 1 saturated heterocycles. The SMILES string of the molecule is Cc1nc(N2CCOC(CN)C2)c(Cl)cc1C#N. The van der Waals surface area contributed by atoms with E-state index >= 15 is 0 Å². The molecule has 2 N–H and O–H groups in total. The Morgan fingerprint density at radius 3 is 3.17 bits per heavy atom. The molecule has 1 aliphatic heterocycles. The Morgan fingerprint density at radius 2 is 2.50 bits per heavy atom. The van der Waals surface area contributed by atoms with E-state index in [9.17, 15) is 0 Å². The first-order valence-electron chi connectivity index (χ1n) is 5.79. The number of halogens is 1. The van der Waals surface area contributed by atoms with Gasteiger partial charge >= 0.3 is 0 Å². The predicted octanol–water partition coefficient (Wildman–Crippen LogP) is 1.08. The van der Waals surface area contributed by atoms with Crippen molar-refractivity contribution in [2.24, 2.45) is 5.73 Å². The van der Waals surface area contributed by atoms with Crippen molar-refractivity contribution in [3.05, 3.63) is 22.3 Å².